The van der Waals surface area contributed by atoms with Crippen LogP contribution < -0.4 is 11.1 Å². The Morgan fingerprint density at radius 2 is 2.29 bits per heavy atom. The summed E-state index contributed by atoms with van der Waals surface area (Å²) in [6.45, 7) is 3.84. The second-order valence-corrected chi connectivity index (χ2v) is 5.13. The molecule has 0 saturated carbocycles. The lowest BCUT2D eigenvalue weighted by molar-refractivity contribution is 0.0827. The van der Waals surface area contributed by atoms with E-state index in [4.69, 9.17) is 10.5 Å². The number of amides is 1. The molecule has 0 aliphatic carbocycles. The van der Waals surface area contributed by atoms with Crippen molar-refractivity contribution in [3.8, 4) is 11.8 Å². The maximum Gasteiger partial charge on any atom is 0.252 e. The number of carbonyl (C=O) groups excluding carboxylic acids is 1. The average Bonchev–Trinajstić information content (AvgIpc) is 2.98. The summed E-state index contributed by atoms with van der Waals surface area (Å²) in [4.78, 5) is 12.3. The van der Waals surface area contributed by atoms with Gasteiger partial charge in [-0.05, 0) is 25.0 Å². The molecule has 1 aromatic rings. The van der Waals surface area contributed by atoms with Gasteiger partial charge in [-0.25, -0.2) is 0 Å². The highest BCUT2D eigenvalue weighted by molar-refractivity contribution is 5.96. The Bertz CT molecular complexity index is 545. The third kappa shape index (κ3) is 4.07. The summed E-state index contributed by atoms with van der Waals surface area (Å²) in [5.74, 6) is 6.05. The number of ether oxygens (including phenoxy) is 1. The van der Waals surface area contributed by atoms with E-state index in [1.54, 1.807) is 6.07 Å². The summed E-state index contributed by atoms with van der Waals surface area (Å²) < 4.78 is 5.64. The zero-order valence-electron chi connectivity index (χ0n) is 12.4. The van der Waals surface area contributed by atoms with Crippen LogP contribution in [0.1, 0.15) is 35.7 Å². The van der Waals surface area contributed by atoms with Gasteiger partial charge in [-0.3, -0.25) is 4.79 Å². The Balaban J connectivity index is 2.00. The SMILES string of the molecule is CCC1OCCC1CNC(=O)c1ccccc1C#CCN. The molecule has 2 unspecified atom stereocenters. The van der Waals surface area contributed by atoms with Crippen molar-refractivity contribution >= 4 is 5.91 Å². The summed E-state index contributed by atoms with van der Waals surface area (Å²) in [6.07, 6.45) is 2.25. The highest BCUT2D eigenvalue weighted by atomic mass is 16.5. The zero-order chi connectivity index (χ0) is 15.1. The Labute approximate surface area is 126 Å². The fourth-order valence-electron chi connectivity index (χ4n) is 2.63. The maximum atomic E-state index is 12.3. The lowest BCUT2D eigenvalue weighted by Gasteiger charge is -2.17. The Morgan fingerprint density at radius 3 is 3.05 bits per heavy atom. The highest BCUT2D eigenvalue weighted by Gasteiger charge is 2.27. The minimum Gasteiger partial charge on any atom is -0.378 e. The van der Waals surface area contributed by atoms with Gasteiger partial charge in [-0.1, -0.05) is 30.9 Å². The summed E-state index contributed by atoms with van der Waals surface area (Å²) in [6, 6.07) is 7.34. The summed E-state index contributed by atoms with van der Waals surface area (Å²) >= 11 is 0. The van der Waals surface area contributed by atoms with Gasteiger partial charge >= 0.3 is 0 Å². The van der Waals surface area contributed by atoms with E-state index in [1.807, 2.05) is 18.2 Å². The van der Waals surface area contributed by atoms with Crippen molar-refractivity contribution in [1.29, 1.82) is 0 Å². The van der Waals surface area contributed by atoms with E-state index in [-0.39, 0.29) is 18.6 Å². The molecular formula is C17H22N2O2. The average molecular weight is 286 g/mol. The molecular weight excluding hydrogens is 264 g/mol. The van der Waals surface area contributed by atoms with Crippen LogP contribution in [0.2, 0.25) is 0 Å². The van der Waals surface area contributed by atoms with Gasteiger partial charge in [0.1, 0.15) is 0 Å². The molecule has 4 heteroatoms. The smallest absolute Gasteiger partial charge is 0.252 e. The first-order valence-electron chi connectivity index (χ1n) is 7.44. The molecule has 112 valence electrons. The van der Waals surface area contributed by atoms with Crippen LogP contribution >= 0.6 is 0 Å². The monoisotopic (exact) mass is 286 g/mol. The fraction of sp³-hybridized carbons (Fsp3) is 0.471. The third-order valence-electron chi connectivity index (χ3n) is 3.77. The number of nitrogens with two attached hydrogens (primary N) is 1. The number of carbonyl (C=O) groups is 1. The predicted octanol–water partition coefficient (Wildman–Crippen LogP) is 1.54. The lowest BCUT2D eigenvalue weighted by atomic mass is 9.99. The molecule has 1 aliphatic heterocycles. The van der Waals surface area contributed by atoms with E-state index in [0.717, 1.165) is 25.0 Å². The normalized spacial score (nSPS) is 20.7. The van der Waals surface area contributed by atoms with Crippen LogP contribution in [-0.4, -0.2) is 31.7 Å². The van der Waals surface area contributed by atoms with Gasteiger partial charge in [0.2, 0.25) is 0 Å². The highest BCUT2D eigenvalue weighted by Crippen LogP contribution is 2.22. The Kier molecular flexibility index (Phi) is 5.79. The van der Waals surface area contributed by atoms with Crippen LogP contribution in [0.25, 0.3) is 0 Å². The third-order valence-corrected chi connectivity index (χ3v) is 3.77. The predicted molar refractivity (Wildman–Crippen MR) is 82.8 cm³/mol. The molecule has 0 radical (unpaired) electrons. The topological polar surface area (TPSA) is 64.3 Å². The summed E-state index contributed by atoms with van der Waals surface area (Å²) in [5.41, 5.74) is 6.71. The van der Waals surface area contributed by atoms with E-state index in [9.17, 15) is 4.79 Å². The van der Waals surface area contributed by atoms with Crippen LogP contribution in [0.5, 0.6) is 0 Å². The molecule has 0 spiro atoms. The van der Waals surface area contributed by atoms with Crippen LogP contribution in [0.15, 0.2) is 24.3 Å². The van der Waals surface area contributed by atoms with Crippen molar-refractivity contribution in [3.63, 3.8) is 0 Å². The minimum absolute atomic E-state index is 0.0846. The first kappa shape index (κ1) is 15.6. The van der Waals surface area contributed by atoms with Crippen LogP contribution in [-0.2, 0) is 4.74 Å². The first-order chi connectivity index (χ1) is 10.3. The van der Waals surface area contributed by atoms with Crippen LogP contribution in [0.4, 0.5) is 0 Å². The number of hydrogen-bond acceptors (Lipinski definition) is 3. The molecule has 1 saturated heterocycles. The Morgan fingerprint density at radius 1 is 1.48 bits per heavy atom. The van der Waals surface area contributed by atoms with Crippen molar-refractivity contribution < 1.29 is 9.53 Å². The van der Waals surface area contributed by atoms with Gasteiger partial charge < -0.3 is 15.8 Å². The van der Waals surface area contributed by atoms with Gasteiger partial charge in [0.25, 0.3) is 5.91 Å². The van der Waals surface area contributed by atoms with E-state index in [1.165, 1.54) is 0 Å². The molecule has 3 N–H and O–H groups in total. The number of benzene rings is 1. The van der Waals surface area contributed by atoms with Crippen molar-refractivity contribution in [2.45, 2.75) is 25.9 Å². The van der Waals surface area contributed by atoms with Crippen molar-refractivity contribution in [3.05, 3.63) is 35.4 Å². The quantitative estimate of drug-likeness (QED) is 0.825. The molecule has 2 atom stereocenters. The molecule has 4 nitrogen and oxygen atoms in total. The fourth-order valence-corrected chi connectivity index (χ4v) is 2.63. The molecule has 0 bridgehead atoms. The molecule has 1 fully saturated rings. The number of nitrogens with one attached hydrogen (secondary N) is 1. The molecule has 1 aromatic carbocycles. The molecule has 0 aromatic heterocycles. The summed E-state index contributed by atoms with van der Waals surface area (Å²) in [5, 5.41) is 3.00. The van der Waals surface area contributed by atoms with Crippen molar-refractivity contribution in [1.82, 2.24) is 5.32 Å². The zero-order valence-corrected chi connectivity index (χ0v) is 12.4. The lowest BCUT2D eigenvalue weighted by Crippen LogP contribution is -2.33. The van der Waals surface area contributed by atoms with E-state index in [0.29, 0.717) is 18.0 Å². The molecule has 1 aliphatic rings. The number of hydrogen-bond donors (Lipinski definition) is 2. The minimum atomic E-state index is -0.0846. The number of rotatable bonds is 4. The van der Waals surface area contributed by atoms with Gasteiger partial charge in [0.15, 0.2) is 0 Å². The van der Waals surface area contributed by atoms with Crippen LogP contribution in [0, 0.1) is 17.8 Å². The second-order valence-electron chi connectivity index (χ2n) is 5.13. The van der Waals surface area contributed by atoms with E-state index in [2.05, 4.69) is 24.1 Å². The molecule has 1 heterocycles. The van der Waals surface area contributed by atoms with Gasteiger partial charge in [0.05, 0.1) is 18.2 Å². The molecule has 2 rings (SSSR count). The maximum absolute atomic E-state index is 12.3. The summed E-state index contributed by atoms with van der Waals surface area (Å²) in [7, 11) is 0. The van der Waals surface area contributed by atoms with Gasteiger partial charge in [0, 0.05) is 24.6 Å². The second kappa shape index (κ2) is 7.82. The van der Waals surface area contributed by atoms with Crippen molar-refractivity contribution in [2.75, 3.05) is 19.7 Å². The van der Waals surface area contributed by atoms with Gasteiger partial charge in [-0.15, -0.1) is 0 Å². The standard InChI is InChI=1S/C17H22N2O2/c1-2-16-14(9-11-21-16)12-19-17(20)15-8-4-3-6-13(15)7-5-10-18/h3-4,6,8,14,16H,2,9-12,18H2,1H3,(H,19,20). The van der Waals surface area contributed by atoms with Crippen LogP contribution in [0.3, 0.4) is 0 Å². The van der Waals surface area contributed by atoms with Gasteiger partial charge in [-0.2, -0.15) is 0 Å². The van der Waals surface area contributed by atoms with Crippen molar-refractivity contribution in [2.24, 2.45) is 11.7 Å². The van der Waals surface area contributed by atoms with E-state index < -0.39 is 0 Å². The van der Waals surface area contributed by atoms with E-state index >= 15 is 0 Å². The largest absolute Gasteiger partial charge is 0.378 e. The molecule has 21 heavy (non-hydrogen) atoms. The first-order valence-corrected chi connectivity index (χ1v) is 7.44. The Hall–Kier alpha value is -1.83. The molecule has 1 amide bonds.